The molecule has 26 heavy (non-hydrogen) atoms. The van der Waals surface area contributed by atoms with Crippen molar-refractivity contribution in [2.75, 3.05) is 31.2 Å². The number of anilines is 1. The summed E-state index contributed by atoms with van der Waals surface area (Å²) in [5.74, 6) is 0.813. The van der Waals surface area contributed by atoms with Crippen LogP contribution in [0.5, 0.6) is 0 Å². The Balaban J connectivity index is 1.51. The second-order valence-corrected chi connectivity index (χ2v) is 8.00. The van der Waals surface area contributed by atoms with E-state index in [0.717, 1.165) is 53.0 Å². The fourth-order valence-electron chi connectivity index (χ4n) is 3.03. The van der Waals surface area contributed by atoms with Gasteiger partial charge in [0.25, 0.3) is 0 Å². The summed E-state index contributed by atoms with van der Waals surface area (Å²) in [6.07, 6.45) is 1.76. The molecule has 4 rings (SSSR count). The van der Waals surface area contributed by atoms with Gasteiger partial charge in [-0.1, -0.05) is 11.6 Å². The Morgan fingerprint density at radius 2 is 2.04 bits per heavy atom. The van der Waals surface area contributed by atoms with Gasteiger partial charge in [-0.05, 0) is 37.1 Å². The normalized spacial score (nSPS) is 14.7. The molecule has 0 radical (unpaired) electrons. The molecule has 2 N–H and O–H groups in total. The maximum atomic E-state index is 12.1. The van der Waals surface area contributed by atoms with Crippen molar-refractivity contribution in [1.29, 1.82) is 0 Å². The van der Waals surface area contributed by atoms with Gasteiger partial charge in [-0.25, -0.2) is 0 Å². The van der Waals surface area contributed by atoms with Crippen molar-refractivity contribution in [3.63, 3.8) is 0 Å². The molecular weight excluding hydrogens is 372 g/mol. The Labute approximate surface area is 159 Å². The first-order valence-electron chi connectivity index (χ1n) is 8.53. The average molecular weight is 391 g/mol. The van der Waals surface area contributed by atoms with E-state index in [1.165, 1.54) is 4.88 Å². The largest absolute Gasteiger partial charge is 0.378 e. The second kappa shape index (κ2) is 7.65. The van der Waals surface area contributed by atoms with Gasteiger partial charge in [0, 0.05) is 35.3 Å². The van der Waals surface area contributed by atoms with E-state index in [9.17, 15) is 4.79 Å². The third-order valence-corrected chi connectivity index (χ3v) is 5.67. The molecule has 0 spiro atoms. The molecule has 3 aromatic heterocycles. The molecule has 8 heteroatoms. The molecule has 0 bridgehead atoms. The number of ether oxygens (including phenoxy) is 1. The van der Waals surface area contributed by atoms with Crippen LogP contribution in [0.1, 0.15) is 10.6 Å². The van der Waals surface area contributed by atoms with E-state index in [4.69, 9.17) is 16.3 Å². The number of nitrogens with one attached hydrogen (secondary N) is 2. The Kier molecular flexibility index (Phi) is 5.10. The fraction of sp³-hybridized carbons (Fsp3) is 0.333. The number of halogens is 1. The van der Waals surface area contributed by atoms with Gasteiger partial charge in [-0.2, -0.15) is 5.10 Å². The van der Waals surface area contributed by atoms with Crippen molar-refractivity contribution in [3.8, 4) is 11.3 Å². The van der Waals surface area contributed by atoms with Crippen molar-refractivity contribution in [2.24, 2.45) is 0 Å². The summed E-state index contributed by atoms with van der Waals surface area (Å²) < 4.78 is 6.19. The summed E-state index contributed by atoms with van der Waals surface area (Å²) in [5.41, 5.74) is 2.52. The van der Waals surface area contributed by atoms with Crippen LogP contribution in [0.3, 0.4) is 0 Å². The Morgan fingerprint density at radius 3 is 2.81 bits per heavy atom. The second-order valence-electron chi connectivity index (χ2n) is 6.20. The van der Waals surface area contributed by atoms with Crippen LogP contribution < -0.4 is 10.5 Å². The molecule has 0 amide bonds. The van der Waals surface area contributed by atoms with E-state index in [2.05, 4.69) is 26.1 Å². The maximum absolute atomic E-state index is 12.1. The highest BCUT2D eigenvalue weighted by Gasteiger charge is 2.14. The summed E-state index contributed by atoms with van der Waals surface area (Å²) in [4.78, 5) is 18.4. The number of aromatic nitrogens is 3. The lowest BCUT2D eigenvalue weighted by Gasteiger charge is -2.28. The van der Waals surface area contributed by atoms with Crippen molar-refractivity contribution < 1.29 is 4.74 Å². The van der Waals surface area contributed by atoms with Gasteiger partial charge in [0.1, 0.15) is 5.82 Å². The quantitative estimate of drug-likeness (QED) is 0.702. The standard InChI is InChI=1S/C18H19ClN4O2S/c19-16-4-3-14(26-16)2-1-13-11-15(22-21-13)12-9-17(20-18(24)10-12)23-5-7-25-8-6-23/h3-4,9-11H,1-2,5-8H2,(H,20,24)(H,21,22). The summed E-state index contributed by atoms with van der Waals surface area (Å²) >= 11 is 7.57. The van der Waals surface area contributed by atoms with Crippen molar-refractivity contribution >= 4 is 28.8 Å². The van der Waals surface area contributed by atoms with Crippen LogP contribution in [0, 0.1) is 0 Å². The molecule has 0 atom stereocenters. The van der Waals surface area contributed by atoms with Crippen LogP contribution in [-0.4, -0.2) is 41.5 Å². The lowest BCUT2D eigenvalue weighted by atomic mass is 10.1. The summed E-state index contributed by atoms with van der Waals surface area (Å²) in [6, 6.07) is 9.54. The predicted octanol–water partition coefficient (Wildman–Crippen LogP) is 3.10. The van der Waals surface area contributed by atoms with Gasteiger partial charge in [0.05, 0.1) is 23.2 Å². The number of aromatic amines is 2. The number of nitrogens with zero attached hydrogens (tertiary/aromatic N) is 2. The van der Waals surface area contributed by atoms with E-state index in [-0.39, 0.29) is 5.56 Å². The molecule has 3 aromatic rings. The van der Waals surface area contributed by atoms with Crippen molar-refractivity contribution in [1.82, 2.24) is 15.2 Å². The number of aryl methyl sites for hydroxylation is 2. The Bertz CT molecular complexity index is 943. The van der Waals surface area contributed by atoms with Crippen LogP contribution in [-0.2, 0) is 17.6 Å². The predicted molar refractivity (Wildman–Crippen MR) is 104 cm³/mol. The Hall–Kier alpha value is -2.09. The number of pyridine rings is 1. The zero-order valence-electron chi connectivity index (χ0n) is 14.1. The minimum atomic E-state index is -0.123. The van der Waals surface area contributed by atoms with Gasteiger partial charge in [0.2, 0.25) is 5.56 Å². The summed E-state index contributed by atoms with van der Waals surface area (Å²) in [6.45, 7) is 2.89. The van der Waals surface area contributed by atoms with E-state index in [1.54, 1.807) is 17.4 Å². The molecule has 0 unspecified atom stereocenters. The molecule has 1 saturated heterocycles. The number of H-pyrrole nitrogens is 2. The molecule has 0 aromatic carbocycles. The highest BCUT2D eigenvalue weighted by atomic mass is 35.5. The van der Waals surface area contributed by atoms with E-state index in [1.807, 2.05) is 18.2 Å². The van der Waals surface area contributed by atoms with Gasteiger partial charge in [0.15, 0.2) is 0 Å². The molecule has 1 fully saturated rings. The highest BCUT2D eigenvalue weighted by Crippen LogP contribution is 2.24. The first kappa shape index (κ1) is 17.3. The number of hydrogen-bond donors (Lipinski definition) is 2. The molecule has 1 aliphatic heterocycles. The van der Waals surface area contributed by atoms with Crippen molar-refractivity contribution in [3.05, 3.63) is 55.6 Å². The first-order chi connectivity index (χ1) is 12.7. The van der Waals surface area contributed by atoms with Crippen LogP contribution in [0.15, 0.2) is 35.1 Å². The van der Waals surface area contributed by atoms with E-state index in [0.29, 0.717) is 13.2 Å². The van der Waals surface area contributed by atoms with Gasteiger partial charge in [-0.15, -0.1) is 11.3 Å². The summed E-state index contributed by atoms with van der Waals surface area (Å²) in [5, 5.41) is 7.46. The molecule has 4 heterocycles. The first-order valence-corrected chi connectivity index (χ1v) is 9.73. The molecule has 1 aliphatic rings. The van der Waals surface area contributed by atoms with Crippen LogP contribution in [0.4, 0.5) is 5.82 Å². The molecule has 0 saturated carbocycles. The average Bonchev–Trinajstić information content (AvgIpc) is 3.29. The fourth-order valence-corrected chi connectivity index (χ4v) is 4.12. The molecule has 136 valence electrons. The summed E-state index contributed by atoms with van der Waals surface area (Å²) in [7, 11) is 0. The molecule has 0 aliphatic carbocycles. The van der Waals surface area contributed by atoms with Crippen LogP contribution in [0.2, 0.25) is 4.34 Å². The van der Waals surface area contributed by atoms with Gasteiger partial charge in [-0.3, -0.25) is 9.89 Å². The monoisotopic (exact) mass is 390 g/mol. The smallest absolute Gasteiger partial charge is 0.250 e. The Morgan fingerprint density at radius 1 is 1.19 bits per heavy atom. The number of morpholine rings is 1. The molecule has 6 nitrogen and oxygen atoms in total. The lowest BCUT2D eigenvalue weighted by molar-refractivity contribution is 0.122. The number of thiophene rings is 1. The SMILES string of the molecule is O=c1cc(-c2cc(CCc3ccc(Cl)s3)[nH]n2)cc(N2CCOCC2)[nH]1. The molecular formula is C18H19ClN4O2S. The minimum absolute atomic E-state index is 0.123. The minimum Gasteiger partial charge on any atom is -0.378 e. The maximum Gasteiger partial charge on any atom is 0.250 e. The van der Waals surface area contributed by atoms with Gasteiger partial charge >= 0.3 is 0 Å². The van der Waals surface area contributed by atoms with Crippen molar-refractivity contribution in [2.45, 2.75) is 12.8 Å². The third kappa shape index (κ3) is 4.00. The van der Waals surface area contributed by atoms with Gasteiger partial charge < -0.3 is 14.6 Å². The lowest BCUT2D eigenvalue weighted by Crippen LogP contribution is -2.37. The zero-order valence-corrected chi connectivity index (χ0v) is 15.7. The third-order valence-electron chi connectivity index (χ3n) is 4.38. The zero-order chi connectivity index (χ0) is 17.9. The van der Waals surface area contributed by atoms with Crippen LogP contribution in [0.25, 0.3) is 11.3 Å². The number of rotatable bonds is 5. The number of hydrogen-bond acceptors (Lipinski definition) is 5. The topological polar surface area (TPSA) is 74.0 Å². The van der Waals surface area contributed by atoms with Crippen LogP contribution >= 0.6 is 22.9 Å². The van der Waals surface area contributed by atoms with E-state index >= 15 is 0 Å². The van der Waals surface area contributed by atoms with E-state index < -0.39 is 0 Å². The highest BCUT2D eigenvalue weighted by molar-refractivity contribution is 7.16.